The Morgan fingerprint density at radius 2 is 2.29 bits per heavy atom. The topological polar surface area (TPSA) is 96.3 Å². The first-order chi connectivity index (χ1) is 10.3. The lowest BCUT2D eigenvalue weighted by Gasteiger charge is -2.15. The normalized spacial score (nSPS) is 12.5. The van der Waals surface area contributed by atoms with E-state index in [0.717, 1.165) is 24.4 Å². The minimum Gasteiger partial charge on any atom is -0.364 e. The first-order valence-electron chi connectivity index (χ1n) is 6.95. The monoisotopic (exact) mass is 286 g/mol. The summed E-state index contributed by atoms with van der Waals surface area (Å²) < 4.78 is 1.88. The summed E-state index contributed by atoms with van der Waals surface area (Å²) >= 11 is 0. The number of rotatable bonds is 6. The van der Waals surface area contributed by atoms with E-state index in [1.54, 1.807) is 12.5 Å². The Bertz CT molecular complexity index is 702. The molecule has 21 heavy (non-hydrogen) atoms. The quantitative estimate of drug-likeness (QED) is 0.635. The predicted octanol–water partition coefficient (Wildman–Crippen LogP) is 1.48. The zero-order valence-corrected chi connectivity index (χ0v) is 12.0. The second-order valence-corrected chi connectivity index (χ2v) is 4.80. The van der Waals surface area contributed by atoms with Gasteiger partial charge in [-0.05, 0) is 19.9 Å². The van der Waals surface area contributed by atoms with Crippen LogP contribution in [0.15, 0.2) is 24.8 Å². The van der Waals surface area contributed by atoms with Crippen molar-refractivity contribution in [2.24, 2.45) is 0 Å². The van der Waals surface area contributed by atoms with Gasteiger partial charge in [0.1, 0.15) is 5.52 Å². The molecular weight excluding hydrogens is 268 g/mol. The van der Waals surface area contributed by atoms with Crippen molar-refractivity contribution in [3.63, 3.8) is 0 Å². The van der Waals surface area contributed by atoms with Crippen LogP contribution in [0.2, 0.25) is 0 Å². The molecule has 3 rings (SSSR count). The zero-order chi connectivity index (χ0) is 14.7. The van der Waals surface area contributed by atoms with Gasteiger partial charge in [0.25, 0.3) is 0 Å². The Morgan fingerprint density at radius 1 is 1.38 bits per heavy atom. The van der Waals surface area contributed by atoms with E-state index in [1.807, 2.05) is 23.9 Å². The number of nitrogens with one attached hydrogen (secondary N) is 3. The summed E-state index contributed by atoms with van der Waals surface area (Å²) in [6.45, 7) is 5.60. The largest absolute Gasteiger partial charge is 0.364 e. The number of aromatic nitrogens is 6. The van der Waals surface area contributed by atoms with E-state index >= 15 is 0 Å². The van der Waals surface area contributed by atoms with Gasteiger partial charge in [0, 0.05) is 25.0 Å². The average molecular weight is 286 g/mol. The molecule has 0 amide bonds. The molecule has 0 saturated heterocycles. The molecule has 0 aliphatic rings. The van der Waals surface area contributed by atoms with Crippen molar-refractivity contribution in [3.05, 3.63) is 24.8 Å². The molecule has 8 nitrogen and oxygen atoms in total. The highest BCUT2D eigenvalue weighted by Crippen LogP contribution is 2.19. The fourth-order valence-corrected chi connectivity index (χ4v) is 2.14. The fraction of sp³-hybridized carbons (Fsp3) is 0.385. The molecule has 0 aliphatic carbocycles. The average Bonchev–Trinajstić information content (AvgIpc) is 3.09. The molecule has 3 heterocycles. The molecule has 1 atom stereocenters. The van der Waals surface area contributed by atoms with E-state index in [-0.39, 0.29) is 6.04 Å². The van der Waals surface area contributed by atoms with Gasteiger partial charge in [-0.1, -0.05) is 0 Å². The number of nitrogens with zero attached hydrogens (tertiary/aromatic N) is 5. The predicted molar refractivity (Wildman–Crippen MR) is 81.2 cm³/mol. The number of fused-ring (bicyclic) bond motifs is 1. The van der Waals surface area contributed by atoms with Gasteiger partial charge in [0.05, 0.1) is 12.9 Å². The lowest BCUT2D eigenvalue weighted by Crippen LogP contribution is -2.23. The smallest absolute Gasteiger partial charge is 0.226 e. The third-order valence-electron chi connectivity index (χ3n) is 3.02. The van der Waals surface area contributed by atoms with Gasteiger partial charge in [-0.25, -0.2) is 4.98 Å². The highest BCUT2D eigenvalue weighted by molar-refractivity contribution is 5.83. The van der Waals surface area contributed by atoms with Crippen LogP contribution >= 0.6 is 0 Å². The van der Waals surface area contributed by atoms with Crippen LogP contribution < -0.4 is 10.6 Å². The van der Waals surface area contributed by atoms with Crippen LogP contribution in [0.25, 0.3) is 11.2 Å². The van der Waals surface area contributed by atoms with Crippen molar-refractivity contribution in [2.75, 3.05) is 17.2 Å². The molecule has 3 N–H and O–H groups in total. The van der Waals surface area contributed by atoms with Gasteiger partial charge in [-0.15, -0.1) is 0 Å². The minimum atomic E-state index is 0.167. The molecule has 8 heteroatoms. The standard InChI is InChI=1S/C13H18N8/c1-3-14-13-19-11-10(15-8-16-11)12(20-13)18-9(2)7-21-6-4-5-17-21/h4-6,8-9H,3,7H2,1-2H3,(H3,14,15,16,18,19,20). The lowest BCUT2D eigenvalue weighted by atomic mass is 10.3. The van der Waals surface area contributed by atoms with Crippen molar-refractivity contribution in [3.8, 4) is 0 Å². The van der Waals surface area contributed by atoms with Crippen molar-refractivity contribution in [1.82, 2.24) is 29.7 Å². The summed E-state index contributed by atoms with van der Waals surface area (Å²) in [5, 5.41) is 10.7. The maximum Gasteiger partial charge on any atom is 0.226 e. The number of H-pyrrole nitrogens is 1. The van der Waals surface area contributed by atoms with E-state index in [0.29, 0.717) is 11.6 Å². The number of aromatic amines is 1. The van der Waals surface area contributed by atoms with Crippen LogP contribution in [0.4, 0.5) is 11.8 Å². The Labute approximate surface area is 122 Å². The second kappa shape index (κ2) is 5.78. The molecule has 0 spiro atoms. The Balaban J connectivity index is 1.83. The van der Waals surface area contributed by atoms with Crippen molar-refractivity contribution in [1.29, 1.82) is 0 Å². The summed E-state index contributed by atoms with van der Waals surface area (Å²) in [7, 11) is 0. The molecule has 0 aliphatic heterocycles. The first kappa shape index (κ1) is 13.3. The zero-order valence-electron chi connectivity index (χ0n) is 12.0. The van der Waals surface area contributed by atoms with Gasteiger partial charge in [0.15, 0.2) is 11.5 Å². The molecule has 0 bridgehead atoms. The Hall–Kier alpha value is -2.64. The van der Waals surface area contributed by atoms with E-state index in [4.69, 9.17) is 0 Å². The number of hydrogen-bond donors (Lipinski definition) is 3. The molecule has 0 saturated carbocycles. The molecule has 0 radical (unpaired) electrons. The molecule has 110 valence electrons. The minimum absolute atomic E-state index is 0.167. The van der Waals surface area contributed by atoms with Gasteiger partial charge in [-0.3, -0.25) is 4.68 Å². The summed E-state index contributed by atoms with van der Waals surface area (Å²) in [6, 6.07) is 2.08. The summed E-state index contributed by atoms with van der Waals surface area (Å²) in [5.74, 6) is 1.32. The lowest BCUT2D eigenvalue weighted by molar-refractivity contribution is 0.560. The Morgan fingerprint density at radius 3 is 3.05 bits per heavy atom. The second-order valence-electron chi connectivity index (χ2n) is 4.80. The van der Waals surface area contributed by atoms with Gasteiger partial charge in [0.2, 0.25) is 5.95 Å². The third kappa shape index (κ3) is 2.93. The SMILES string of the molecule is CCNc1nc(NC(C)Cn2cccn2)c2[nH]cnc2n1. The summed E-state index contributed by atoms with van der Waals surface area (Å²) in [5.41, 5.74) is 1.46. The van der Waals surface area contributed by atoms with Crippen molar-refractivity contribution >= 4 is 22.9 Å². The van der Waals surface area contributed by atoms with Crippen LogP contribution in [0.1, 0.15) is 13.8 Å². The molecule has 3 aromatic rings. The number of anilines is 2. The van der Waals surface area contributed by atoms with Crippen LogP contribution in [0.3, 0.4) is 0 Å². The van der Waals surface area contributed by atoms with E-state index < -0.39 is 0 Å². The Kier molecular flexibility index (Phi) is 3.67. The number of hydrogen-bond acceptors (Lipinski definition) is 6. The molecule has 1 unspecified atom stereocenters. The van der Waals surface area contributed by atoms with Gasteiger partial charge < -0.3 is 15.6 Å². The van der Waals surface area contributed by atoms with Crippen molar-refractivity contribution in [2.45, 2.75) is 26.4 Å². The first-order valence-corrected chi connectivity index (χ1v) is 6.95. The maximum absolute atomic E-state index is 4.50. The van der Waals surface area contributed by atoms with E-state index in [1.165, 1.54) is 0 Å². The van der Waals surface area contributed by atoms with E-state index in [2.05, 4.69) is 42.6 Å². The van der Waals surface area contributed by atoms with Crippen LogP contribution in [0.5, 0.6) is 0 Å². The van der Waals surface area contributed by atoms with Gasteiger partial charge in [-0.2, -0.15) is 15.1 Å². The maximum atomic E-state index is 4.50. The fourth-order valence-electron chi connectivity index (χ4n) is 2.14. The van der Waals surface area contributed by atoms with Crippen LogP contribution in [-0.4, -0.2) is 42.3 Å². The molecular formula is C13H18N8. The highest BCUT2D eigenvalue weighted by atomic mass is 15.3. The summed E-state index contributed by atoms with van der Waals surface area (Å²) in [4.78, 5) is 16.1. The number of imidazole rings is 1. The van der Waals surface area contributed by atoms with Crippen LogP contribution in [0, 0.1) is 0 Å². The molecule has 0 fully saturated rings. The third-order valence-corrected chi connectivity index (χ3v) is 3.02. The summed E-state index contributed by atoms with van der Waals surface area (Å²) in [6.07, 6.45) is 5.33. The van der Waals surface area contributed by atoms with E-state index in [9.17, 15) is 0 Å². The highest BCUT2D eigenvalue weighted by Gasteiger charge is 2.12. The molecule has 0 aromatic carbocycles. The molecule has 3 aromatic heterocycles. The van der Waals surface area contributed by atoms with Crippen molar-refractivity contribution < 1.29 is 0 Å². The van der Waals surface area contributed by atoms with Gasteiger partial charge >= 0.3 is 0 Å². The van der Waals surface area contributed by atoms with Crippen LogP contribution in [-0.2, 0) is 6.54 Å².